The van der Waals surface area contributed by atoms with Crippen molar-refractivity contribution >= 4 is 15.9 Å². The molecule has 1 aromatic rings. The number of aliphatic hydroxyl groups is 2. The van der Waals surface area contributed by atoms with E-state index in [0.29, 0.717) is 5.56 Å². The lowest BCUT2D eigenvalue weighted by atomic mass is 10.1. The Labute approximate surface area is 152 Å². The number of rotatable bonds is 3. The zero-order valence-corrected chi connectivity index (χ0v) is 15.7. The quantitative estimate of drug-likeness (QED) is 0.786. The number of nitrogens with zero attached hydrogens (tertiary/aromatic N) is 2. The minimum absolute atomic E-state index is 0.0978. The van der Waals surface area contributed by atoms with Crippen molar-refractivity contribution in [3.63, 3.8) is 0 Å². The Bertz CT molecular complexity index is 822. The third-order valence-electron chi connectivity index (χ3n) is 4.06. The Balaban J connectivity index is 2.34. The molecular weight excluding hydrogens is 360 g/mol. The normalized spacial score (nSPS) is 23.5. The van der Waals surface area contributed by atoms with Crippen LogP contribution in [0.15, 0.2) is 29.2 Å². The first-order valence-electron chi connectivity index (χ1n) is 7.98. The number of β-amino-alcohol motifs (C(OH)–C–C–N with tert-alkyl or cyclic N) is 1. The molecule has 26 heavy (non-hydrogen) atoms. The summed E-state index contributed by atoms with van der Waals surface area (Å²) >= 11 is 0. The van der Waals surface area contributed by atoms with E-state index in [1.165, 1.54) is 24.3 Å². The van der Waals surface area contributed by atoms with Crippen LogP contribution in [0.3, 0.4) is 0 Å². The number of carbonyl (C=O) groups is 1. The first-order chi connectivity index (χ1) is 11.9. The number of amides is 1. The molecule has 1 aromatic carbocycles. The minimum Gasteiger partial charge on any atom is -0.444 e. The van der Waals surface area contributed by atoms with Crippen molar-refractivity contribution in [2.75, 3.05) is 19.7 Å². The fourth-order valence-electron chi connectivity index (χ4n) is 2.75. The number of nitriles is 1. The second-order valence-corrected chi connectivity index (χ2v) is 9.42. The number of carbonyl (C=O) groups excluding carboxylic acids is 1. The summed E-state index contributed by atoms with van der Waals surface area (Å²) in [6.07, 6.45) is -0.762. The van der Waals surface area contributed by atoms with E-state index >= 15 is 0 Å². The summed E-state index contributed by atoms with van der Waals surface area (Å²) in [5, 5.41) is 27.6. The maximum atomic E-state index is 12.9. The van der Waals surface area contributed by atoms with Gasteiger partial charge in [0.05, 0.1) is 29.7 Å². The molecule has 1 aliphatic heterocycles. The third kappa shape index (κ3) is 3.98. The fraction of sp³-hybridized carbons (Fsp3) is 0.529. The number of likely N-dealkylation sites (tertiary alicyclic amines) is 1. The van der Waals surface area contributed by atoms with Gasteiger partial charge in [0.25, 0.3) is 0 Å². The molecule has 0 unspecified atom stereocenters. The Morgan fingerprint density at radius 1 is 1.38 bits per heavy atom. The van der Waals surface area contributed by atoms with E-state index < -0.39 is 39.0 Å². The second kappa shape index (κ2) is 6.87. The van der Waals surface area contributed by atoms with Crippen LogP contribution >= 0.6 is 0 Å². The molecule has 8 nitrogen and oxygen atoms in total. The van der Waals surface area contributed by atoms with Crippen LogP contribution in [0, 0.1) is 11.3 Å². The molecule has 0 aliphatic carbocycles. The van der Waals surface area contributed by atoms with Crippen molar-refractivity contribution in [2.24, 2.45) is 0 Å². The van der Waals surface area contributed by atoms with E-state index in [1.807, 2.05) is 6.07 Å². The molecule has 9 heteroatoms. The summed E-state index contributed by atoms with van der Waals surface area (Å²) in [4.78, 5) is 13.2. The molecule has 1 fully saturated rings. The predicted octanol–water partition coefficient (Wildman–Crippen LogP) is 0.675. The number of sulfone groups is 1. The van der Waals surface area contributed by atoms with Gasteiger partial charge in [-0.1, -0.05) is 0 Å². The van der Waals surface area contributed by atoms with Crippen molar-refractivity contribution in [2.45, 2.75) is 42.1 Å². The van der Waals surface area contributed by atoms with Crippen LogP contribution in [-0.4, -0.2) is 65.8 Å². The molecule has 1 amide bonds. The Morgan fingerprint density at radius 2 is 1.96 bits per heavy atom. The van der Waals surface area contributed by atoms with Gasteiger partial charge in [0.2, 0.25) is 0 Å². The van der Waals surface area contributed by atoms with Crippen molar-refractivity contribution in [1.29, 1.82) is 5.26 Å². The van der Waals surface area contributed by atoms with Gasteiger partial charge in [-0.25, -0.2) is 13.2 Å². The highest BCUT2D eigenvalue weighted by Crippen LogP contribution is 2.32. The van der Waals surface area contributed by atoms with Gasteiger partial charge in [0.15, 0.2) is 9.84 Å². The first-order valence-corrected chi connectivity index (χ1v) is 9.53. The van der Waals surface area contributed by atoms with Crippen molar-refractivity contribution < 1.29 is 28.2 Å². The summed E-state index contributed by atoms with van der Waals surface area (Å²) in [7, 11) is -4.06. The van der Waals surface area contributed by atoms with Crippen LogP contribution in [0.1, 0.15) is 26.3 Å². The van der Waals surface area contributed by atoms with E-state index in [4.69, 9.17) is 10.00 Å². The summed E-state index contributed by atoms with van der Waals surface area (Å²) in [6.45, 7) is 3.51. The van der Waals surface area contributed by atoms with Gasteiger partial charge in [0, 0.05) is 6.54 Å². The summed E-state index contributed by atoms with van der Waals surface area (Å²) in [6, 6.07) is 7.13. The van der Waals surface area contributed by atoms with E-state index in [0.717, 1.165) is 4.90 Å². The van der Waals surface area contributed by atoms with Gasteiger partial charge in [-0.3, -0.25) is 0 Å². The number of hydrogen-bond acceptors (Lipinski definition) is 7. The highest BCUT2D eigenvalue weighted by molar-refractivity contribution is 7.92. The lowest BCUT2D eigenvalue weighted by Gasteiger charge is -2.26. The molecule has 0 radical (unpaired) electrons. The molecule has 0 bridgehead atoms. The molecule has 2 rings (SSSR count). The largest absolute Gasteiger partial charge is 0.444 e. The summed E-state index contributed by atoms with van der Waals surface area (Å²) in [5.74, 6) is 0. The maximum Gasteiger partial charge on any atom is 0.410 e. The lowest BCUT2D eigenvalue weighted by molar-refractivity contribution is -0.0108. The van der Waals surface area contributed by atoms with Crippen LogP contribution in [0.4, 0.5) is 4.79 Å². The maximum absolute atomic E-state index is 12.9. The average Bonchev–Trinajstić information content (AvgIpc) is 2.93. The SMILES string of the molecule is CC(C)(C)OC(=O)N1C[C@H](S(=O)(=O)c2ccc(C#N)cc2)[C@](O)(CO)C1. The molecule has 0 aromatic heterocycles. The Kier molecular flexibility index (Phi) is 5.33. The average molecular weight is 382 g/mol. The van der Waals surface area contributed by atoms with Crippen LogP contribution in [-0.2, 0) is 14.6 Å². The van der Waals surface area contributed by atoms with E-state index in [9.17, 15) is 23.4 Å². The third-order valence-corrected chi connectivity index (χ3v) is 6.33. The van der Waals surface area contributed by atoms with Gasteiger partial charge >= 0.3 is 6.09 Å². The second-order valence-electron chi connectivity index (χ2n) is 7.29. The fourth-order valence-corrected chi connectivity index (χ4v) is 4.70. The van der Waals surface area contributed by atoms with Crippen LogP contribution in [0.2, 0.25) is 0 Å². The van der Waals surface area contributed by atoms with Crippen molar-refractivity contribution in [1.82, 2.24) is 4.90 Å². The van der Waals surface area contributed by atoms with Crippen LogP contribution in [0.5, 0.6) is 0 Å². The first kappa shape index (κ1) is 20.2. The Hall–Kier alpha value is -2.15. The number of benzene rings is 1. The highest BCUT2D eigenvalue weighted by atomic mass is 32.2. The van der Waals surface area contributed by atoms with E-state index in [1.54, 1.807) is 20.8 Å². The van der Waals surface area contributed by atoms with Gasteiger partial charge in [-0.2, -0.15) is 5.26 Å². The topological polar surface area (TPSA) is 128 Å². The smallest absolute Gasteiger partial charge is 0.410 e. The van der Waals surface area contributed by atoms with Crippen molar-refractivity contribution in [3.8, 4) is 6.07 Å². The van der Waals surface area contributed by atoms with Crippen LogP contribution in [0.25, 0.3) is 0 Å². The molecule has 142 valence electrons. The molecule has 1 heterocycles. The Morgan fingerprint density at radius 3 is 2.42 bits per heavy atom. The molecule has 0 spiro atoms. The van der Waals surface area contributed by atoms with E-state index in [-0.39, 0.29) is 18.0 Å². The molecule has 1 saturated heterocycles. The highest BCUT2D eigenvalue weighted by Gasteiger charge is 2.54. The van der Waals surface area contributed by atoms with Gasteiger partial charge in [-0.15, -0.1) is 0 Å². The zero-order chi connectivity index (χ0) is 19.8. The number of hydrogen-bond donors (Lipinski definition) is 2. The molecule has 0 saturated carbocycles. The van der Waals surface area contributed by atoms with Crippen molar-refractivity contribution in [3.05, 3.63) is 29.8 Å². The minimum atomic E-state index is -4.06. The zero-order valence-electron chi connectivity index (χ0n) is 14.8. The summed E-state index contributed by atoms with van der Waals surface area (Å²) < 4.78 is 31.1. The van der Waals surface area contributed by atoms with Gasteiger partial charge < -0.3 is 19.8 Å². The predicted molar refractivity (Wildman–Crippen MR) is 92.0 cm³/mol. The molecular formula is C17H22N2O6S. The van der Waals surface area contributed by atoms with Gasteiger partial charge in [0.1, 0.15) is 16.5 Å². The van der Waals surface area contributed by atoms with E-state index in [2.05, 4.69) is 0 Å². The number of ether oxygens (including phenoxy) is 1. The van der Waals surface area contributed by atoms with Gasteiger partial charge in [-0.05, 0) is 45.0 Å². The standard InChI is InChI=1S/C17H22N2O6S/c1-16(2,3)25-15(21)19-9-14(17(22,10-19)11-20)26(23,24)13-6-4-12(8-18)5-7-13/h4-7,14,20,22H,9-11H2,1-3H3/t14-,17+/m0/s1. The lowest BCUT2D eigenvalue weighted by Crippen LogP contribution is -2.49. The molecule has 1 aliphatic rings. The monoisotopic (exact) mass is 382 g/mol. The molecule has 2 atom stereocenters. The van der Waals surface area contributed by atoms with Crippen LogP contribution < -0.4 is 0 Å². The summed E-state index contributed by atoms with van der Waals surface area (Å²) in [5.41, 5.74) is -2.49. The number of aliphatic hydroxyl groups excluding tert-OH is 1. The molecule has 2 N–H and O–H groups in total.